The Labute approximate surface area is 158 Å². The largest absolute Gasteiger partial charge is 0.368 e. The summed E-state index contributed by atoms with van der Waals surface area (Å²) in [5.41, 5.74) is 9.36. The molecule has 6 heteroatoms. The Morgan fingerprint density at radius 3 is 2.59 bits per heavy atom. The maximum absolute atomic E-state index is 15.2. The standard InChI is InChI=1S/C21H27FN4O/c1-13-19-16(14(10-23)8-18(27)26(19)15-2-3-15)9-17(22)20(13)25-11-21(12-25)4-6-24-7-5-21/h8-9,15,24H,2-7,10-12,23H2,1H3. The number of nitrogens with two attached hydrogens (primary N) is 1. The number of halogens is 1. The molecule has 3 N–H and O–H groups in total. The second-order valence-electron chi connectivity index (χ2n) is 8.65. The van der Waals surface area contributed by atoms with Crippen molar-refractivity contribution in [2.45, 2.75) is 45.2 Å². The van der Waals surface area contributed by atoms with Gasteiger partial charge in [-0.25, -0.2) is 4.39 Å². The minimum Gasteiger partial charge on any atom is -0.368 e. The quantitative estimate of drug-likeness (QED) is 0.871. The fourth-order valence-corrected chi connectivity index (χ4v) is 5.17. The maximum atomic E-state index is 15.2. The summed E-state index contributed by atoms with van der Waals surface area (Å²) < 4.78 is 17.1. The van der Waals surface area contributed by atoms with E-state index >= 15 is 4.39 Å². The van der Waals surface area contributed by atoms with Crippen LogP contribution in [0.5, 0.6) is 0 Å². The molecule has 144 valence electrons. The van der Waals surface area contributed by atoms with E-state index < -0.39 is 0 Å². The van der Waals surface area contributed by atoms with E-state index in [0.717, 1.165) is 73.9 Å². The first-order valence-electron chi connectivity index (χ1n) is 10.1. The number of aryl methyl sites for hydroxylation is 1. The summed E-state index contributed by atoms with van der Waals surface area (Å²) in [5, 5.41) is 4.20. The van der Waals surface area contributed by atoms with Gasteiger partial charge in [0.1, 0.15) is 5.82 Å². The van der Waals surface area contributed by atoms with Crippen LogP contribution in [0.2, 0.25) is 0 Å². The molecule has 1 aromatic heterocycles. The molecule has 3 aliphatic rings. The molecule has 5 nitrogen and oxygen atoms in total. The number of rotatable bonds is 3. The van der Waals surface area contributed by atoms with Gasteiger partial charge in [0.15, 0.2) is 0 Å². The van der Waals surface area contributed by atoms with Crippen LogP contribution in [-0.4, -0.2) is 30.7 Å². The molecule has 3 fully saturated rings. The average molecular weight is 370 g/mol. The third-order valence-corrected chi connectivity index (χ3v) is 6.75. The van der Waals surface area contributed by atoms with Gasteiger partial charge < -0.3 is 20.5 Å². The van der Waals surface area contributed by atoms with E-state index in [1.54, 1.807) is 12.1 Å². The summed E-state index contributed by atoms with van der Waals surface area (Å²) in [6, 6.07) is 3.44. The molecule has 0 bridgehead atoms. The number of hydrogen-bond acceptors (Lipinski definition) is 4. The molecule has 1 aromatic carbocycles. The van der Waals surface area contributed by atoms with Crippen LogP contribution in [0, 0.1) is 18.2 Å². The molecule has 5 rings (SSSR count). The fourth-order valence-electron chi connectivity index (χ4n) is 5.17. The molecule has 1 spiro atoms. The molecular formula is C21H27FN4O. The Bertz CT molecular complexity index is 965. The van der Waals surface area contributed by atoms with Crippen molar-refractivity contribution in [3.63, 3.8) is 0 Å². The Morgan fingerprint density at radius 1 is 1.26 bits per heavy atom. The Morgan fingerprint density at radius 2 is 1.96 bits per heavy atom. The molecule has 0 radical (unpaired) electrons. The van der Waals surface area contributed by atoms with Crippen molar-refractivity contribution in [2.24, 2.45) is 11.1 Å². The lowest BCUT2D eigenvalue weighted by molar-refractivity contribution is 0.149. The van der Waals surface area contributed by atoms with E-state index in [-0.39, 0.29) is 24.0 Å². The predicted molar refractivity (Wildman–Crippen MR) is 106 cm³/mol. The van der Waals surface area contributed by atoms with Crippen molar-refractivity contribution in [2.75, 3.05) is 31.1 Å². The van der Waals surface area contributed by atoms with E-state index in [1.807, 2.05) is 11.5 Å². The third kappa shape index (κ3) is 2.61. The Kier molecular flexibility index (Phi) is 3.85. The van der Waals surface area contributed by atoms with Crippen LogP contribution in [0.3, 0.4) is 0 Å². The lowest BCUT2D eigenvalue weighted by atomic mass is 9.72. The van der Waals surface area contributed by atoms with Gasteiger partial charge in [0.2, 0.25) is 0 Å². The second-order valence-corrected chi connectivity index (χ2v) is 8.65. The number of pyridine rings is 1. The molecule has 1 saturated carbocycles. The first-order chi connectivity index (χ1) is 13.0. The van der Waals surface area contributed by atoms with Gasteiger partial charge >= 0.3 is 0 Å². The monoisotopic (exact) mass is 370 g/mol. The molecule has 2 aliphatic heterocycles. The van der Waals surface area contributed by atoms with Crippen molar-refractivity contribution in [3.8, 4) is 0 Å². The number of piperidine rings is 1. The van der Waals surface area contributed by atoms with Crippen LogP contribution in [0.1, 0.15) is 42.9 Å². The van der Waals surface area contributed by atoms with Crippen molar-refractivity contribution in [1.82, 2.24) is 9.88 Å². The summed E-state index contributed by atoms with van der Waals surface area (Å²) >= 11 is 0. The van der Waals surface area contributed by atoms with Gasteiger partial charge in [-0.1, -0.05) is 0 Å². The van der Waals surface area contributed by atoms with Crippen molar-refractivity contribution < 1.29 is 4.39 Å². The van der Waals surface area contributed by atoms with Gasteiger partial charge in [-0.05, 0) is 62.9 Å². The van der Waals surface area contributed by atoms with E-state index in [9.17, 15) is 4.79 Å². The molecule has 0 unspecified atom stereocenters. The Hall–Kier alpha value is -1.92. The highest BCUT2D eigenvalue weighted by molar-refractivity contribution is 5.90. The van der Waals surface area contributed by atoms with Gasteiger partial charge in [-0.2, -0.15) is 0 Å². The highest BCUT2D eigenvalue weighted by atomic mass is 19.1. The van der Waals surface area contributed by atoms with Gasteiger partial charge in [0.05, 0.1) is 11.2 Å². The highest BCUT2D eigenvalue weighted by Gasteiger charge is 2.45. The van der Waals surface area contributed by atoms with Crippen LogP contribution in [0.4, 0.5) is 10.1 Å². The molecule has 1 aliphatic carbocycles. The fraction of sp³-hybridized carbons (Fsp3) is 0.571. The normalized spacial score (nSPS) is 21.7. The van der Waals surface area contributed by atoms with Crippen molar-refractivity contribution in [3.05, 3.63) is 39.4 Å². The SMILES string of the molecule is Cc1c(N2CC3(CCNCC3)C2)c(F)cc2c(CN)cc(=O)n(C3CC3)c12. The van der Waals surface area contributed by atoms with Crippen LogP contribution in [-0.2, 0) is 6.54 Å². The minimum atomic E-state index is -0.195. The predicted octanol–water partition coefficient (Wildman–Crippen LogP) is 2.43. The summed E-state index contributed by atoms with van der Waals surface area (Å²) in [6.45, 7) is 6.12. The topological polar surface area (TPSA) is 63.3 Å². The minimum absolute atomic E-state index is 0.00968. The first-order valence-corrected chi connectivity index (χ1v) is 10.1. The molecule has 0 amide bonds. The van der Waals surface area contributed by atoms with Gasteiger partial charge in [0, 0.05) is 42.5 Å². The molecule has 27 heavy (non-hydrogen) atoms. The lowest BCUT2D eigenvalue weighted by Gasteiger charge is -2.54. The molecule has 2 aromatic rings. The number of nitrogens with one attached hydrogen (secondary N) is 1. The lowest BCUT2D eigenvalue weighted by Crippen LogP contribution is -2.60. The maximum Gasteiger partial charge on any atom is 0.251 e. The average Bonchev–Trinajstić information content (AvgIpc) is 3.46. The van der Waals surface area contributed by atoms with Crippen LogP contribution < -0.4 is 21.5 Å². The van der Waals surface area contributed by atoms with Crippen LogP contribution in [0.25, 0.3) is 10.9 Å². The zero-order valence-corrected chi connectivity index (χ0v) is 15.9. The van der Waals surface area contributed by atoms with Crippen molar-refractivity contribution in [1.29, 1.82) is 0 Å². The van der Waals surface area contributed by atoms with Crippen LogP contribution in [0.15, 0.2) is 16.9 Å². The smallest absolute Gasteiger partial charge is 0.251 e. The summed E-state index contributed by atoms with van der Waals surface area (Å²) in [5.74, 6) is -0.195. The van der Waals surface area contributed by atoms with Crippen LogP contribution >= 0.6 is 0 Å². The van der Waals surface area contributed by atoms with Crippen molar-refractivity contribution >= 4 is 16.6 Å². The van der Waals surface area contributed by atoms with Gasteiger partial charge in [-0.15, -0.1) is 0 Å². The first kappa shape index (κ1) is 17.2. The number of hydrogen-bond donors (Lipinski definition) is 2. The molecular weight excluding hydrogens is 343 g/mol. The number of anilines is 1. The van der Waals surface area contributed by atoms with E-state index in [2.05, 4.69) is 10.2 Å². The number of benzene rings is 1. The number of aromatic nitrogens is 1. The summed E-state index contributed by atoms with van der Waals surface area (Å²) in [6.07, 6.45) is 4.34. The number of fused-ring (bicyclic) bond motifs is 1. The number of nitrogens with zero attached hydrogens (tertiary/aromatic N) is 2. The van der Waals surface area contributed by atoms with E-state index in [0.29, 0.717) is 11.1 Å². The zero-order valence-electron chi connectivity index (χ0n) is 15.9. The summed E-state index contributed by atoms with van der Waals surface area (Å²) in [4.78, 5) is 14.9. The van der Waals surface area contributed by atoms with Gasteiger partial charge in [0.25, 0.3) is 5.56 Å². The molecule has 2 saturated heterocycles. The third-order valence-electron chi connectivity index (χ3n) is 6.75. The molecule has 0 atom stereocenters. The van der Waals surface area contributed by atoms with Gasteiger partial charge in [-0.3, -0.25) is 4.79 Å². The molecule has 3 heterocycles. The zero-order chi connectivity index (χ0) is 18.8. The Balaban J connectivity index is 1.64. The van der Waals surface area contributed by atoms with E-state index in [1.165, 1.54) is 0 Å². The van der Waals surface area contributed by atoms with E-state index in [4.69, 9.17) is 5.73 Å². The summed E-state index contributed by atoms with van der Waals surface area (Å²) in [7, 11) is 0. The second kappa shape index (κ2) is 6.04. The highest BCUT2D eigenvalue weighted by Crippen LogP contribution is 2.45.